The Balaban J connectivity index is 2.00. The summed E-state index contributed by atoms with van der Waals surface area (Å²) in [5.74, 6) is 0.929. The van der Waals surface area contributed by atoms with Gasteiger partial charge in [-0.05, 0) is 58.3 Å². The van der Waals surface area contributed by atoms with Crippen molar-refractivity contribution in [1.82, 2.24) is 0 Å². The van der Waals surface area contributed by atoms with Gasteiger partial charge in [0.2, 0.25) is 0 Å². The van der Waals surface area contributed by atoms with Gasteiger partial charge in [0.1, 0.15) is 0 Å². The van der Waals surface area contributed by atoms with Gasteiger partial charge in [-0.25, -0.2) is 0 Å². The molecule has 0 bridgehead atoms. The highest BCUT2D eigenvalue weighted by Crippen LogP contribution is 2.46. The standard InChI is InChI=1S/C12H22O/c1-10-4-6-12(7-5-10)9-8-11(2,3)13-12/h10H,4-9H2,1-3H3. The fourth-order valence-corrected chi connectivity index (χ4v) is 2.86. The summed E-state index contributed by atoms with van der Waals surface area (Å²) in [6, 6.07) is 0. The largest absolute Gasteiger partial charge is 0.369 e. The van der Waals surface area contributed by atoms with Crippen molar-refractivity contribution in [2.75, 3.05) is 0 Å². The molecule has 13 heavy (non-hydrogen) atoms. The molecule has 2 aliphatic rings. The van der Waals surface area contributed by atoms with Crippen LogP contribution in [-0.4, -0.2) is 11.2 Å². The third-order valence-electron chi connectivity index (χ3n) is 3.86. The number of ether oxygens (including phenoxy) is 1. The van der Waals surface area contributed by atoms with E-state index in [0.29, 0.717) is 0 Å². The zero-order chi connectivity index (χ0) is 9.53. The van der Waals surface area contributed by atoms with Crippen molar-refractivity contribution in [2.45, 2.75) is 70.5 Å². The van der Waals surface area contributed by atoms with E-state index < -0.39 is 0 Å². The zero-order valence-corrected chi connectivity index (χ0v) is 9.23. The van der Waals surface area contributed by atoms with Crippen LogP contribution >= 0.6 is 0 Å². The molecule has 1 saturated carbocycles. The maximum Gasteiger partial charge on any atom is 0.0691 e. The van der Waals surface area contributed by atoms with Crippen molar-refractivity contribution in [3.8, 4) is 0 Å². The van der Waals surface area contributed by atoms with Gasteiger partial charge in [-0.3, -0.25) is 0 Å². The molecule has 0 aromatic heterocycles. The first-order chi connectivity index (χ1) is 6.02. The first-order valence-electron chi connectivity index (χ1n) is 5.72. The summed E-state index contributed by atoms with van der Waals surface area (Å²) < 4.78 is 6.23. The number of hydrogen-bond acceptors (Lipinski definition) is 1. The molecule has 1 spiro atoms. The Bertz CT molecular complexity index is 187. The van der Waals surface area contributed by atoms with Crippen molar-refractivity contribution < 1.29 is 4.74 Å². The highest BCUT2D eigenvalue weighted by atomic mass is 16.5. The lowest BCUT2D eigenvalue weighted by molar-refractivity contribution is -0.107. The second kappa shape index (κ2) is 2.98. The summed E-state index contributed by atoms with van der Waals surface area (Å²) in [5.41, 5.74) is 0.441. The van der Waals surface area contributed by atoms with E-state index in [1.54, 1.807) is 0 Å². The van der Waals surface area contributed by atoms with Crippen LogP contribution < -0.4 is 0 Å². The van der Waals surface area contributed by atoms with E-state index in [9.17, 15) is 0 Å². The summed E-state index contributed by atoms with van der Waals surface area (Å²) >= 11 is 0. The zero-order valence-electron chi connectivity index (χ0n) is 9.23. The van der Waals surface area contributed by atoms with Crippen molar-refractivity contribution in [1.29, 1.82) is 0 Å². The summed E-state index contributed by atoms with van der Waals surface area (Å²) in [7, 11) is 0. The van der Waals surface area contributed by atoms with Crippen LogP contribution in [0.5, 0.6) is 0 Å². The van der Waals surface area contributed by atoms with Gasteiger partial charge in [0.05, 0.1) is 11.2 Å². The second-order valence-corrected chi connectivity index (χ2v) is 5.73. The van der Waals surface area contributed by atoms with E-state index in [2.05, 4.69) is 20.8 Å². The molecule has 2 fully saturated rings. The van der Waals surface area contributed by atoms with Gasteiger partial charge in [0, 0.05) is 0 Å². The molecule has 1 heteroatoms. The molecule has 0 aromatic carbocycles. The Morgan fingerprint density at radius 3 is 2.08 bits per heavy atom. The molecule has 0 radical (unpaired) electrons. The average molecular weight is 182 g/mol. The summed E-state index contributed by atoms with van der Waals surface area (Å²) in [4.78, 5) is 0. The Kier molecular flexibility index (Phi) is 2.18. The highest BCUT2D eigenvalue weighted by Gasteiger charge is 2.45. The van der Waals surface area contributed by atoms with Gasteiger partial charge in [-0.1, -0.05) is 6.92 Å². The van der Waals surface area contributed by atoms with E-state index in [1.807, 2.05) is 0 Å². The van der Waals surface area contributed by atoms with Gasteiger partial charge < -0.3 is 4.74 Å². The number of hydrogen-bond donors (Lipinski definition) is 0. The van der Waals surface area contributed by atoms with Crippen LogP contribution in [0.3, 0.4) is 0 Å². The molecule has 0 amide bonds. The molecule has 1 aliphatic carbocycles. The minimum absolute atomic E-state index is 0.153. The third kappa shape index (κ3) is 1.90. The number of rotatable bonds is 0. The first kappa shape index (κ1) is 9.51. The van der Waals surface area contributed by atoms with E-state index in [1.165, 1.54) is 38.5 Å². The summed E-state index contributed by atoms with van der Waals surface area (Å²) in [6.07, 6.45) is 7.90. The molecule has 76 valence electrons. The average Bonchev–Trinajstić information content (AvgIpc) is 2.35. The lowest BCUT2D eigenvalue weighted by Crippen LogP contribution is -2.35. The van der Waals surface area contributed by atoms with Crippen LogP contribution in [0.1, 0.15) is 59.3 Å². The third-order valence-corrected chi connectivity index (χ3v) is 3.86. The minimum Gasteiger partial charge on any atom is -0.369 e. The predicted molar refractivity (Wildman–Crippen MR) is 54.8 cm³/mol. The predicted octanol–water partition coefficient (Wildman–Crippen LogP) is 3.52. The molecule has 1 saturated heterocycles. The molecule has 0 N–H and O–H groups in total. The molecule has 1 heterocycles. The second-order valence-electron chi connectivity index (χ2n) is 5.73. The molecule has 1 nitrogen and oxygen atoms in total. The molecular formula is C12H22O. The van der Waals surface area contributed by atoms with E-state index in [-0.39, 0.29) is 11.2 Å². The minimum atomic E-state index is 0.153. The monoisotopic (exact) mass is 182 g/mol. The molecule has 0 aromatic rings. The van der Waals surface area contributed by atoms with Gasteiger partial charge in [-0.15, -0.1) is 0 Å². The quantitative estimate of drug-likeness (QED) is 0.557. The Morgan fingerprint density at radius 1 is 1.00 bits per heavy atom. The van der Waals surface area contributed by atoms with Crippen molar-refractivity contribution >= 4 is 0 Å². The smallest absolute Gasteiger partial charge is 0.0691 e. The fraction of sp³-hybridized carbons (Fsp3) is 1.00. The van der Waals surface area contributed by atoms with Gasteiger partial charge in [0.25, 0.3) is 0 Å². The van der Waals surface area contributed by atoms with Crippen molar-refractivity contribution in [3.63, 3.8) is 0 Å². The van der Waals surface area contributed by atoms with Gasteiger partial charge in [0.15, 0.2) is 0 Å². The summed E-state index contributed by atoms with van der Waals surface area (Å²) in [5, 5.41) is 0. The molecular weight excluding hydrogens is 160 g/mol. The van der Waals surface area contributed by atoms with Crippen LogP contribution in [0.4, 0.5) is 0 Å². The Morgan fingerprint density at radius 2 is 1.62 bits per heavy atom. The van der Waals surface area contributed by atoms with Crippen molar-refractivity contribution in [2.24, 2.45) is 5.92 Å². The van der Waals surface area contributed by atoms with Crippen LogP contribution in [0.2, 0.25) is 0 Å². The Hall–Kier alpha value is -0.0400. The van der Waals surface area contributed by atoms with Crippen LogP contribution in [0.25, 0.3) is 0 Å². The van der Waals surface area contributed by atoms with Gasteiger partial charge in [-0.2, -0.15) is 0 Å². The fourth-order valence-electron chi connectivity index (χ4n) is 2.86. The summed E-state index contributed by atoms with van der Waals surface area (Å²) in [6.45, 7) is 6.84. The van der Waals surface area contributed by atoms with Crippen LogP contribution in [-0.2, 0) is 4.74 Å². The molecule has 0 atom stereocenters. The molecule has 2 rings (SSSR count). The van der Waals surface area contributed by atoms with E-state index in [4.69, 9.17) is 4.74 Å². The van der Waals surface area contributed by atoms with Crippen LogP contribution in [0.15, 0.2) is 0 Å². The van der Waals surface area contributed by atoms with Crippen LogP contribution in [0, 0.1) is 5.92 Å². The SMILES string of the molecule is CC1CCC2(CC1)CCC(C)(C)O2. The first-order valence-corrected chi connectivity index (χ1v) is 5.72. The maximum atomic E-state index is 6.23. The Labute approximate surface area is 81.9 Å². The van der Waals surface area contributed by atoms with Gasteiger partial charge >= 0.3 is 0 Å². The van der Waals surface area contributed by atoms with E-state index in [0.717, 1.165) is 5.92 Å². The topological polar surface area (TPSA) is 9.23 Å². The molecule has 0 unspecified atom stereocenters. The molecule has 1 aliphatic heterocycles. The lowest BCUT2D eigenvalue weighted by atomic mass is 9.78. The normalized spacial score (nSPS) is 44.1. The van der Waals surface area contributed by atoms with Crippen molar-refractivity contribution in [3.05, 3.63) is 0 Å². The maximum absolute atomic E-state index is 6.23. The lowest BCUT2D eigenvalue weighted by Gasteiger charge is -2.37. The highest BCUT2D eigenvalue weighted by molar-refractivity contribution is 4.95. The van der Waals surface area contributed by atoms with E-state index >= 15 is 0 Å².